The number of benzene rings is 2. The average molecular weight is 383 g/mol. The summed E-state index contributed by atoms with van der Waals surface area (Å²) in [5, 5.41) is 10.6. The van der Waals surface area contributed by atoms with E-state index in [0.29, 0.717) is 11.4 Å². The van der Waals surface area contributed by atoms with E-state index in [-0.39, 0.29) is 17.9 Å². The molecule has 1 unspecified atom stereocenters. The first-order chi connectivity index (χ1) is 12.0. The van der Waals surface area contributed by atoms with Crippen molar-refractivity contribution in [1.82, 2.24) is 0 Å². The van der Waals surface area contributed by atoms with Crippen LogP contribution in [0, 0.1) is 17.6 Å². The third-order valence-electron chi connectivity index (χ3n) is 4.17. The van der Waals surface area contributed by atoms with Crippen molar-refractivity contribution >= 4 is 23.4 Å². The van der Waals surface area contributed by atoms with Crippen molar-refractivity contribution in [3.05, 3.63) is 71.3 Å². The lowest BCUT2D eigenvalue weighted by molar-refractivity contribution is 0.0624. The molecule has 0 bridgehead atoms. The maximum atomic E-state index is 14.5. The SMILES string of the molecule is C=CC[C@@H](O)C1COc2c(F)ccc(F)c2[C@@H]1Sc1ccc(Cl)cc1. The largest absolute Gasteiger partial charge is 0.490 e. The highest BCUT2D eigenvalue weighted by molar-refractivity contribution is 7.99. The van der Waals surface area contributed by atoms with Gasteiger partial charge in [-0.2, -0.15) is 0 Å². The van der Waals surface area contributed by atoms with Crippen LogP contribution in [0.2, 0.25) is 5.02 Å². The van der Waals surface area contributed by atoms with Crippen LogP contribution in [0.4, 0.5) is 8.78 Å². The molecular formula is C19H17ClF2O2S. The molecule has 0 fully saturated rings. The van der Waals surface area contributed by atoms with E-state index in [2.05, 4.69) is 6.58 Å². The van der Waals surface area contributed by atoms with Gasteiger partial charge in [0.1, 0.15) is 5.82 Å². The Hall–Kier alpha value is -1.56. The van der Waals surface area contributed by atoms with E-state index in [0.717, 1.165) is 17.0 Å². The summed E-state index contributed by atoms with van der Waals surface area (Å²) in [6.45, 7) is 3.74. The lowest BCUT2D eigenvalue weighted by Crippen LogP contribution is -2.34. The highest BCUT2D eigenvalue weighted by Crippen LogP contribution is 2.50. The molecule has 0 aliphatic carbocycles. The number of hydrogen-bond acceptors (Lipinski definition) is 3. The summed E-state index contributed by atoms with van der Waals surface area (Å²) >= 11 is 7.27. The van der Waals surface area contributed by atoms with Gasteiger partial charge < -0.3 is 9.84 Å². The first kappa shape index (κ1) is 18.2. The van der Waals surface area contributed by atoms with Gasteiger partial charge >= 0.3 is 0 Å². The monoisotopic (exact) mass is 382 g/mol. The summed E-state index contributed by atoms with van der Waals surface area (Å²) in [6, 6.07) is 9.25. The number of halogens is 3. The normalized spacial score (nSPS) is 20.5. The smallest absolute Gasteiger partial charge is 0.165 e. The Bertz CT molecular complexity index is 767. The van der Waals surface area contributed by atoms with Gasteiger partial charge in [-0.3, -0.25) is 0 Å². The molecule has 3 atom stereocenters. The lowest BCUT2D eigenvalue weighted by atomic mass is 9.89. The summed E-state index contributed by atoms with van der Waals surface area (Å²) in [4.78, 5) is 0.849. The molecular weight excluding hydrogens is 366 g/mol. The lowest BCUT2D eigenvalue weighted by Gasteiger charge is -2.36. The van der Waals surface area contributed by atoms with E-state index in [9.17, 15) is 13.9 Å². The van der Waals surface area contributed by atoms with Crippen LogP contribution in [0.3, 0.4) is 0 Å². The molecule has 25 heavy (non-hydrogen) atoms. The fraction of sp³-hybridized carbons (Fsp3) is 0.263. The molecule has 1 heterocycles. The van der Waals surface area contributed by atoms with Crippen molar-refractivity contribution in [3.8, 4) is 5.75 Å². The van der Waals surface area contributed by atoms with Gasteiger partial charge in [0.2, 0.25) is 0 Å². The molecule has 3 rings (SSSR count). The maximum absolute atomic E-state index is 14.5. The minimum Gasteiger partial charge on any atom is -0.490 e. The van der Waals surface area contributed by atoms with Crippen LogP contribution in [0.5, 0.6) is 5.75 Å². The number of hydrogen-bond donors (Lipinski definition) is 1. The van der Waals surface area contributed by atoms with Gasteiger partial charge in [-0.05, 0) is 42.8 Å². The number of aliphatic hydroxyl groups is 1. The van der Waals surface area contributed by atoms with Gasteiger partial charge in [-0.1, -0.05) is 17.7 Å². The number of thioether (sulfide) groups is 1. The highest BCUT2D eigenvalue weighted by Gasteiger charge is 2.39. The van der Waals surface area contributed by atoms with Gasteiger partial charge in [-0.25, -0.2) is 8.78 Å². The molecule has 0 radical (unpaired) electrons. The second-order valence-electron chi connectivity index (χ2n) is 5.83. The number of ether oxygens (including phenoxy) is 1. The van der Waals surface area contributed by atoms with Crippen LogP contribution in [0.15, 0.2) is 53.9 Å². The molecule has 2 aromatic rings. The van der Waals surface area contributed by atoms with E-state index >= 15 is 0 Å². The van der Waals surface area contributed by atoms with E-state index < -0.39 is 28.9 Å². The highest BCUT2D eigenvalue weighted by atomic mass is 35.5. The van der Waals surface area contributed by atoms with E-state index in [1.54, 1.807) is 18.2 Å². The zero-order valence-electron chi connectivity index (χ0n) is 13.3. The molecule has 132 valence electrons. The fourth-order valence-corrected chi connectivity index (χ4v) is 4.39. The second-order valence-corrected chi connectivity index (χ2v) is 7.48. The molecule has 0 aromatic heterocycles. The van der Waals surface area contributed by atoms with Crippen molar-refractivity contribution in [2.75, 3.05) is 6.61 Å². The summed E-state index contributed by atoms with van der Waals surface area (Å²) in [7, 11) is 0. The first-order valence-electron chi connectivity index (χ1n) is 7.83. The quantitative estimate of drug-likeness (QED) is 0.702. The summed E-state index contributed by atoms with van der Waals surface area (Å²) < 4.78 is 34.1. The third-order valence-corrected chi connectivity index (χ3v) is 5.80. The zero-order valence-corrected chi connectivity index (χ0v) is 14.9. The first-order valence-corrected chi connectivity index (χ1v) is 9.09. The Balaban J connectivity index is 2.02. The van der Waals surface area contributed by atoms with E-state index in [1.807, 2.05) is 12.1 Å². The van der Waals surface area contributed by atoms with E-state index in [1.165, 1.54) is 11.8 Å². The van der Waals surface area contributed by atoms with Crippen LogP contribution < -0.4 is 4.74 Å². The molecule has 1 N–H and O–H groups in total. The van der Waals surface area contributed by atoms with Crippen LogP contribution in [-0.4, -0.2) is 17.8 Å². The molecule has 0 saturated carbocycles. The van der Waals surface area contributed by atoms with Crippen LogP contribution in [0.25, 0.3) is 0 Å². The van der Waals surface area contributed by atoms with Crippen molar-refractivity contribution < 1.29 is 18.6 Å². The van der Waals surface area contributed by atoms with Crippen molar-refractivity contribution in [2.45, 2.75) is 22.7 Å². The molecule has 1 aliphatic heterocycles. The standard InChI is InChI=1S/C19H17ClF2O2S/c1-2-3-16(23)13-10-24-18-15(22)9-8-14(21)17(18)19(13)25-12-6-4-11(20)5-7-12/h2,4-9,13,16,19,23H,1,3,10H2/t13?,16-,19-/m1/s1. The Morgan fingerprint density at radius 1 is 1.24 bits per heavy atom. The van der Waals surface area contributed by atoms with Crippen molar-refractivity contribution in [2.24, 2.45) is 5.92 Å². The molecule has 6 heteroatoms. The minimum absolute atomic E-state index is 0.0754. The molecule has 0 saturated heterocycles. The Labute approximate surface area is 154 Å². The van der Waals surface area contributed by atoms with Crippen LogP contribution in [0.1, 0.15) is 17.2 Å². The van der Waals surface area contributed by atoms with Crippen molar-refractivity contribution in [1.29, 1.82) is 0 Å². The molecule has 1 aliphatic rings. The fourth-order valence-electron chi connectivity index (χ4n) is 2.91. The topological polar surface area (TPSA) is 29.5 Å². The Morgan fingerprint density at radius 2 is 1.92 bits per heavy atom. The molecule has 2 nitrogen and oxygen atoms in total. The van der Waals surface area contributed by atoms with Gasteiger partial charge in [-0.15, -0.1) is 18.3 Å². The molecule has 2 aromatic carbocycles. The van der Waals surface area contributed by atoms with Gasteiger partial charge in [0, 0.05) is 26.6 Å². The predicted octanol–water partition coefficient (Wildman–Crippen LogP) is 5.40. The summed E-state index contributed by atoms with van der Waals surface area (Å²) in [5.41, 5.74) is 0.152. The summed E-state index contributed by atoms with van der Waals surface area (Å²) in [6.07, 6.45) is 1.18. The Morgan fingerprint density at radius 3 is 2.60 bits per heavy atom. The second kappa shape index (κ2) is 7.77. The van der Waals surface area contributed by atoms with Gasteiger partial charge in [0.25, 0.3) is 0 Å². The van der Waals surface area contributed by atoms with Gasteiger partial charge in [0.15, 0.2) is 11.6 Å². The number of aliphatic hydroxyl groups excluding tert-OH is 1. The Kier molecular flexibility index (Phi) is 5.67. The third kappa shape index (κ3) is 3.84. The van der Waals surface area contributed by atoms with Crippen molar-refractivity contribution in [3.63, 3.8) is 0 Å². The predicted molar refractivity (Wildman–Crippen MR) is 96.2 cm³/mol. The zero-order chi connectivity index (χ0) is 18.0. The molecule has 0 amide bonds. The van der Waals surface area contributed by atoms with Crippen LogP contribution in [-0.2, 0) is 0 Å². The molecule has 0 spiro atoms. The maximum Gasteiger partial charge on any atom is 0.165 e. The van der Waals surface area contributed by atoms with Gasteiger partial charge in [0.05, 0.1) is 12.7 Å². The van der Waals surface area contributed by atoms with E-state index in [4.69, 9.17) is 16.3 Å². The van der Waals surface area contributed by atoms with Crippen LogP contribution >= 0.6 is 23.4 Å². The average Bonchev–Trinajstić information content (AvgIpc) is 2.60. The summed E-state index contributed by atoms with van der Waals surface area (Å²) in [5.74, 6) is -1.62. The number of rotatable bonds is 5. The minimum atomic E-state index is -0.766. The number of fused-ring (bicyclic) bond motifs is 1.